The average Bonchev–Trinajstić information content (AvgIpc) is 3.29. The summed E-state index contributed by atoms with van der Waals surface area (Å²) in [5.74, 6) is 1.86. The highest BCUT2D eigenvalue weighted by molar-refractivity contribution is 5.96. The molecule has 3 aromatic rings. The molecular formula is C28H32N4O. The Morgan fingerprint density at radius 3 is 2.64 bits per heavy atom. The molecule has 2 aliphatic rings. The molecule has 1 atom stereocenters. The number of amides is 1. The lowest BCUT2D eigenvalue weighted by molar-refractivity contribution is -0.128. The molecule has 1 amide bonds. The van der Waals surface area contributed by atoms with Crippen molar-refractivity contribution in [2.75, 3.05) is 18.4 Å². The van der Waals surface area contributed by atoms with Crippen molar-refractivity contribution >= 4 is 28.2 Å². The number of nitrogens with zero attached hydrogens (tertiary/aromatic N) is 3. The fourth-order valence-electron chi connectivity index (χ4n) is 5.31. The number of nitrogens with one attached hydrogen (secondary N) is 1. The van der Waals surface area contributed by atoms with Crippen molar-refractivity contribution in [3.8, 4) is 0 Å². The highest BCUT2D eigenvalue weighted by Crippen LogP contribution is 2.39. The van der Waals surface area contributed by atoms with E-state index >= 15 is 0 Å². The molecule has 1 N–H and O–H groups in total. The largest absolute Gasteiger partial charge is 0.363 e. The van der Waals surface area contributed by atoms with Crippen LogP contribution < -0.4 is 5.32 Å². The van der Waals surface area contributed by atoms with Crippen LogP contribution in [-0.2, 0) is 17.6 Å². The quantitative estimate of drug-likeness (QED) is 0.578. The minimum Gasteiger partial charge on any atom is -0.363 e. The van der Waals surface area contributed by atoms with E-state index in [4.69, 9.17) is 9.97 Å². The zero-order chi connectivity index (χ0) is 23.1. The number of aromatic nitrogens is 2. The van der Waals surface area contributed by atoms with Gasteiger partial charge in [-0.05, 0) is 80.3 Å². The fraction of sp³-hybridized carbons (Fsp3) is 0.393. The van der Waals surface area contributed by atoms with E-state index in [1.807, 2.05) is 11.8 Å². The SMILES string of the molecule is CC(=O)N1CC=C(c2cc3c(N[C@H](C)c4cccc(C)c4)nc(C)nc3c3c2CCC3)CC1. The summed E-state index contributed by atoms with van der Waals surface area (Å²) in [5.41, 5.74) is 9.12. The van der Waals surface area contributed by atoms with Gasteiger partial charge in [-0.1, -0.05) is 35.9 Å². The first kappa shape index (κ1) is 21.6. The average molecular weight is 441 g/mol. The van der Waals surface area contributed by atoms with Crippen molar-refractivity contribution in [2.24, 2.45) is 0 Å². The highest BCUT2D eigenvalue weighted by atomic mass is 16.2. The lowest BCUT2D eigenvalue weighted by Crippen LogP contribution is -2.32. The Bertz CT molecular complexity index is 1280. The van der Waals surface area contributed by atoms with Crippen molar-refractivity contribution < 1.29 is 4.79 Å². The molecule has 0 saturated heterocycles. The summed E-state index contributed by atoms with van der Waals surface area (Å²) in [6.07, 6.45) is 6.46. The number of rotatable bonds is 4. The number of hydrogen-bond donors (Lipinski definition) is 1. The molecule has 0 saturated carbocycles. The first-order valence-corrected chi connectivity index (χ1v) is 12.0. The fourth-order valence-corrected chi connectivity index (χ4v) is 5.31. The Morgan fingerprint density at radius 1 is 1.09 bits per heavy atom. The van der Waals surface area contributed by atoms with Gasteiger partial charge in [0.1, 0.15) is 11.6 Å². The molecule has 1 aliphatic carbocycles. The predicted molar refractivity (Wildman–Crippen MR) is 134 cm³/mol. The van der Waals surface area contributed by atoms with Gasteiger partial charge in [-0.15, -0.1) is 0 Å². The van der Waals surface area contributed by atoms with Gasteiger partial charge in [0.15, 0.2) is 0 Å². The third-order valence-electron chi connectivity index (χ3n) is 7.07. The minimum absolute atomic E-state index is 0.136. The van der Waals surface area contributed by atoms with Gasteiger partial charge in [-0.2, -0.15) is 0 Å². The molecule has 2 heterocycles. The first-order valence-electron chi connectivity index (χ1n) is 12.0. The topological polar surface area (TPSA) is 58.1 Å². The summed E-state index contributed by atoms with van der Waals surface area (Å²) in [5, 5.41) is 4.79. The molecule has 1 aromatic heterocycles. The molecule has 0 fully saturated rings. The van der Waals surface area contributed by atoms with E-state index in [2.05, 4.69) is 55.6 Å². The van der Waals surface area contributed by atoms with Gasteiger partial charge in [0.25, 0.3) is 0 Å². The highest BCUT2D eigenvalue weighted by Gasteiger charge is 2.25. The van der Waals surface area contributed by atoms with E-state index in [9.17, 15) is 4.79 Å². The first-order chi connectivity index (χ1) is 15.9. The van der Waals surface area contributed by atoms with Gasteiger partial charge < -0.3 is 10.2 Å². The van der Waals surface area contributed by atoms with E-state index in [0.717, 1.165) is 48.4 Å². The summed E-state index contributed by atoms with van der Waals surface area (Å²) in [6, 6.07) is 11.1. The second kappa shape index (κ2) is 8.62. The molecule has 1 aliphatic heterocycles. The van der Waals surface area contributed by atoms with Gasteiger partial charge in [0.05, 0.1) is 5.52 Å². The van der Waals surface area contributed by atoms with Gasteiger partial charge in [0.2, 0.25) is 5.91 Å². The Labute approximate surface area is 195 Å². The second-order valence-corrected chi connectivity index (χ2v) is 9.47. The third kappa shape index (κ3) is 4.12. The zero-order valence-electron chi connectivity index (χ0n) is 20.0. The van der Waals surface area contributed by atoms with Crippen molar-refractivity contribution in [2.45, 2.75) is 59.4 Å². The number of hydrogen-bond acceptors (Lipinski definition) is 4. The molecule has 170 valence electrons. The Hall–Kier alpha value is -3.21. The summed E-state index contributed by atoms with van der Waals surface area (Å²) < 4.78 is 0. The Kier molecular flexibility index (Phi) is 5.65. The maximum atomic E-state index is 11.8. The lowest BCUT2D eigenvalue weighted by atomic mass is 9.90. The molecule has 0 radical (unpaired) electrons. The van der Waals surface area contributed by atoms with Crippen LogP contribution in [0.5, 0.6) is 0 Å². The minimum atomic E-state index is 0.136. The van der Waals surface area contributed by atoms with Crippen LogP contribution in [0.3, 0.4) is 0 Å². The van der Waals surface area contributed by atoms with E-state index in [1.54, 1.807) is 6.92 Å². The zero-order valence-corrected chi connectivity index (χ0v) is 20.0. The molecule has 0 bridgehead atoms. The molecule has 0 spiro atoms. The monoisotopic (exact) mass is 440 g/mol. The number of fused-ring (bicyclic) bond motifs is 3. The molecule has 0 unspecified atom stereocenters. The van der Waals surface area contributed by atoms with Crippen LogP contribution >= 0.6 is 0 Å². The number of carbonyl (C=O) groups is 1. The van der Waals surface area contributed by atoms with Gasteiger partial charge in [-0.25, -0.2) is 9.97 Å². The van der Waals surface area contributed by atoms with Crippen LogP contribution in [0.15, 0.2) is 36.4 Å². The molecule has 33 heavy (non-hydrogen) atoms. The normalized spacial score (nSPS) is 16.5. The van der Waals surface area contributed by atoms with E-state index in [1.165, 1.54) is 39.8 Å². The summed E-state index contributed by atoms with van der Waals surface area (Å²) in [7, 11) is 0. The number of aryl methyl sites for hydroxylation is 3. The smallest absolute Gasteiger partial charge is 0.219 e. The van der Waals surface area contributed by atoms with Crippen molar-refractivity contribution in [3.05, 3.63) is 70.0 Å². The van der Waals surface area contributed by atoms with Gasteiger partial charge in [0, 0.05) is 31.4 Å². The Balaban J connectivity index is 1.60. The standard InChI is InChI=1S/C28H32N4O/c1-17-7-5-8-22(15-17)18(2)29-28-26-16-25(21-11-13-32(14-12-21)20(4)33)23-9-6-10-24(23)27(26)30-19(3)31-28/h5,7-8,11,15-16,18H,6,9-10,12-14H2,1-4H3,(H,29,30,31)/t18-/m1/s1. The van der Waals surface area contributed by atoms with E-state index < -0.39 is 0 Å². The van der Waals surface area contributed by atoms with Crippen molar-refractivity contribution in [3.63, 3.8) is 0 Å². The third-order valence-corrected chi connectivity index (χ3v) is 7.07. The van der Waals surface area contributed by atoms with Crippen LogP contribution in [0.2, 0.25) is 0 Å². The summed E-state index contributed by atoms with van der Waals surface area (Å²) in [4.78, 5) is 23.4. The van der Waals surface area contributed by atoms with Crippen molar-refractivity contribution in [1.29, 1.82) is 0 Å². The van der Waals surface area contributed by atoms with Gasteiger partial charge in [-0.3, -0.25) is 4.79 Å². The van der Waals surface area contributed by atoms with Crippen LogP contribution in [-0.4, -0.2) is 33.9 Å². The van der Waals surface area contributed by atoms with E-state index in [0.29, 0.717) is 6.54 Å². The van der Waals surface area contributed by atoms with Crippen LogP contribution in [0.4, 0.5) is 5.82 Å². The maximum absolute atomic E-state index is 11.8. The Morgan fingerprint density at radius 2 is 1.91 bits per heavy atom. The molecule has 5 heteroatoms. The second-order valence-electron chi connectivity index (χ2n) is 9.47. The van der Waals surface area contributed by atoms with Crippen LogP contribution in [0.1, 0.15) is 66.4 Å². The summed E-state index contributed by atoms with van der Waals surface area (Å²) in [6.45, 7) is 9.43. The number of benzene rings is 2. The lowest BCUT2D eigenvalue weighted by Gasteiger charge is -2.27. The van der Waals surface area contributed by atoms with Crippen LogP contribution in [0.25, 0.3) is 16.5 Å². The number of carbonyl (C=O) groups excluding carboxylic acids is 1. The molecule has 2 aromatic carbocycles. The van der Waals surface area contributed by atoms with Gasteiger partial charge >= 0.3 is 0 Å². The molecule has 5 rings (SSSR count). The predicted octanol–water partition coefficient (Wildman–Crippen LogP) is 5.54. The van der Waals surface area contributed by atoms with Crippen LogP contribution in [0, 0.1) is 13.8 Å². The molecular weight excluding hydrogens is 408 g/mol. The summed E-state index contributed by atoms with van der Waals surface area (Å²) >= 11 is 0. The number of anilines is 1. The maximum Gasteiger partial charge on any atom is 0.219 e. The van der Waals surface area contributed by atoms with E-state index in [-0.39, 0.29) is 11.9 Å². The molecule has 5 nitrogen and oxygen atoms in total. The van der Waals surface area contributed by atoms with Crippen molar-refractivity contribution in [1.82, 2.24) is 14.9 Å².